The van der Waals surface area contributed by atoms with Crippen molar-refractivity contribution in [2.24, 2.45) is 0 Å². The number of rotatable bonds is 8. The Bertz CT molecular complexity index is 1260. The zero-order valence-corrected chi connectivity index (χ0v) is 20.8. The molecule has 2 aromatic heterocycles. The Labute approximate surface area is 205 Å². The Morgan fingerprint density at radius 3 is 2.38 bits per heavy atom. The van der Waals surface area contributed by atoms with E-state index in [9.17, 15) is 0 Å². The zero-order valence-electron chi connectivity index (χ0n) is 20.0. The molecule has 2 heterocycles. The molecule has 34 heavy (non-hydrogen) atoms. The van der Waals surface area contributed by atoms with Gasteiger partial charge >= 0.3 is 0 Å². The van der Waals surface area contributed by atoms with Crippen LogP contribution in [0.2, 0.25) is 0 Å². The molecule has 0 unspecified atom stereocenters. The number of ether oxygens (including phenoxy) is 1. The summed E-state index contributed by atoms with van der Waals surface area (Å²) >= 11 is 5.54. The number of hydrogen-bond donors (Lipinski definition) is 2. The van der Waals surface area contributed by atoms with Gasteiger partial charge in [0.1, 0.15) is 5.75 Å². The number of nitrogens with one attached hydrogen (secondary N) is 2. The van der Waals surface area contributed by atoms with Crippen molar-refractivity contribution >= 4 is 28.7 Å². The molecular weight excluding hydrogens is 444 g/mol. The quantitative estimate of drug-likeness (QED) is 0.331. The minimum atomic E-state index is 0.317. The minimum absolute atomic E-state index is 0.317. The second kappa shape index (κ2) is 10.5. The number of aromatic nitrogens is 4. The molecule has 2 N–H and O–H groups in total. The van der Waals surface area contributed by atoms with Gasteiger partial charge in [-0.25, -0.2) is 4.68 Å². The van der Waals surface area contributed by atoms with E-state index in [-0.39, 0.29) is 0 Å². The molecular formula is C26H30N6OS. The molecule has 8 heteroatoms. The van der Waals surface area contributed by atoms with Crippen molar-refractivity contribution in [2.45, 2.75) is 47.4 Å². The third-order valence-electron chi connectivity index (χ3n) is 5.66. The fourth-order valence-corrected chi connectivity index (χ4v) is 3.85. The van der Waals surface area contributed by atoms with E-state index < -0.39 is 0 Å². The van der Waals surface area contributed by atoms with E-state index in [1.54, 1.807) is 10.9 Å². The van der Waals surface area contributed by atoms with E-state index >= 15 is 0 Å². The van der Waals surface area contributed by atoms with Gasteiger partial charge in [0.05, 0.1) is 41.7 Å². The molecule has 0 aliphatic heterocycles. The summed E-state index contributed by atoms with van der Waals surface area (Å²) in [6.07, 6.45) is 4.59. The lowest BCUT2D eigenvalue weighted by Gasteiger charge is -2.10. The first-order chi connectivity index (χ1) is 16.4. The molecule has 0 fully saturated rings. The highest BCUT2D eigenvalue weighted by Crippen LogP contribution is 2.21. The normalized spacial score (nSPS) is 10.8. The van der Waals surface area contributed by atoms with Gasteiger partial charge in [-0.3, -0.25) is 4.68 Å². The third-order valence-corrected chi connectivity index (χ3v) is 5.86. The van der Waals surface area contributed by atoms with Crippen molar-refractivity contribution < 1.29 is 4.74 Å². The summed E-state index contributed by atoms with van der Waals surface area (Å²) in [5.41, 5.74) is 7.36. The largest absolute Gasteiger partial charge is 0.471 e. The summed E-state index contributed by atoms with van der Waals surface area (Å²) in [7, 11) is 0. The first kappa shape index (κ1) is 23.5. The van der Waals surface area contributed by atoms with E-state index in [1.165, 1.54) is 16.7 Å². The minimum Gasteiger partial charge on any atom is -0.471 e. The molecule has 0 saturated heterocycles. The predicted molar refractivity (Wildman–Crippen MR) is 141 cm³/mol. The Morgan fingerprint density at radius 1 is 0.971 bits per heavy atom. The smallest absolute Gasteiger partial charge is 0.180 e. The first-order valence-electron chi connectivity index (χ1n) is 11.3. The summed E-state index contributed by atoms with van der Waals surface area (Å²) in [6, 6.07) is 16.6. The van der Waals surface area contributed by atoms with E-state index in [0.717, 1.165) is 34.9 Å². The molecule has 0 atom stereocenters. The van der Waals surface area contributed by atoms with Gasteiger partial charge in [0.2, 0.25) is 0 Å². The van der Waals surface area contributed by atoms with Crippen LogP contribution in [0.15, 0.2) is 60.9 Å². The highest BCUT2D eigenvalue weighted by atomic mass is 32.1. The molecule has 0 saturated carbocycles. The van der Waals surface area contributed by atoms with Crippen LogP contribution >= 0.6 is 12.2 Å². The average molecular weight is 475 g/mol. The van der Waals surface area contributed by atoms with Gasteiger partial charge in [-0.1, -0.05) is 48.9 Å². The van der Waals surface area contributed by atoms with Gasteiger partial charge < -0.3 is 15.4 Å². The van der Waals surface area contributed by atoms with E-state index in [0.29, 0.717) is 18.4 Å². The molecule has 0 aliphatic rings. The Kier molecular flexibility index (Phi) is 7.27. The maximum atomic E-state index is 5.81. The lowest BCUT2D eigenvalue weighted by molar-refractivity contribution is 0.221. The van der Waals surface area contributed by atoms with Gasteiger partial charge in [0.25, 0.3) is 0 Å². The molecule has 0 bridgehead atoms. The highest BCUT2D eigenvalue weighted by Gasteiger charge is 2.13. The number of anilines is 2. The summed E-state index contributed by atoms with van der Waals surface area (Å²) in [6.45, 7) is 9.27. The van der Waals surface area contributed by atoms with Crippen LogP contribution in [0.3, 0.4) is 0 Å². The fourth-order valence-electron chi connectivity index (χ4n) is 3.63. The average Bonchev–Trinajstić information content (AvgIpc) is 3.38. The van der Waals surface area contributed by atoms with E-state index in [4.69, 9.17) is 17.0 Å². The van der Waals surface area contributed by atoms with Crippen molar-refractivity contribution in [2.75, 3.05) is 10.6 Å². The maximum absolute atomic E-state index is 5.81. The first-order valence-corrected chi connectivity index (χ1v) is 11.7. The SMILES string of the molecule is CCc1ccc(OCn2cc(NC(=S)Nc3c(C)nn(Cc4ccc(C)cc4)c3C)cn2)cc1. The van der Waals surface area contributed by atoms with Crippen LogP contribution in [0.4, 0.5) is 11.4 Å². The molecule has 7 nitrogen and oxygen atoms in total. The van der Waals surface area contributed by atoms with Crippen molar-refractivity contribution in [3.63, 3.8) is 0 Å². The zero-order chi connectivity index (χ0) is 24.1. The molecule has 0 spiro atoms. The number of nitrogens with zero attached hydrogens (tertiary/aromatic N) is 4. The molecule has 2 aromatic carbocycles. The van der Waals surface area contributed by atoms with Gasteiger partial charge in [0.15, 0.2) is 11.8 Å². The lowest BCUT2D eigenvalue weighted by atomic mass is 10.1. The van der Waals surface area contributed by atoms with Crippen molar-refractivity contribution in [3.05, 3.63) is 89.0 Å². The van der Waals surface area contributed by atoms with Crippen LogP contribution in [0.25, 0.3) is 0 Å². The maximum Gasteiger partial charge on any atom is 0.180 e. The number of thiocarbonyl (C=S) groups is 1. The summed E-state index contributed by atoms with van der Waals surface area (Å²) < 4.78 is 9.52. The molecule has 0 amide bonds. The molecule has 0 aliphatic carbocycles. The lowest BCUT2D eigenvalue weighted by Crippen LogP contribution is -2.19. The topological polar surface area (TPSA) is 68.9 Å². The van der Waals surface area contributed by atoms with Gasteiger partial charge in [-0.2, -0.15) is 10.2 Å². The van der Waals surface area contributed by atoms with Crippen LogP contribution in [0.1, 0.15) is 35.0 Å². The Morgan fingerprint density at radius 2 is 1.68 bits per heavy atom. The van der Waals surface area contributed by atoms with Gasteiger partial charge in [-0.05, 0) is 62.7 Å². The summed E-state index contributed by atoms with van der Waals surface area (Å²) in [4.78, 5) is 0. The van der Waals surface area contributed by atoms with Crippen LogP contribution in [-0.2, 0) is 19.7 Å². The van der Waals surface area contributed by atoms with Crippen molar-refractivity contribution in [3.8, 4) is 5.75 Å². The second-order valence-corrected chi connectivity index (χ2v) is 8.72. The number of hydrogen-bond acceptors (Lipinski definition) is 4. The third kappa shape index (κ3) is 5.82. The predicted octanol–water partition coefficient (Wildman–Crippen LogP) is 5.46. The van der Waals surface area contributed by atoms with Gasteiger partial charge in [-0.15, -0.1) is 0 Å². The molecule has 0 radical (unpaired) electrons. The van der Waals surface area contributed by atoms with Crippen LogP contribution in [-0.4, -0.2) is 24.7 Å². The number of aryl methyl sites for hydroxylation is 3. The monoisotopic (exact) mass is 474 g/mol. The van der Waals surface area contributed by atoms with Crippen molar-refractivity contribution in [1.82, 2.24) is 19.6 Å². The second-order valence-electron chi connectivity index (χ2n) is 8.31. The molecule has 4 rings (SSSR count). The highest BCUT2D eigenvalue weighted by molar-refractivity contribution is 7.80. The van der Waals surface area contributed by atoms with Crippen LogP contribution in [0, 0.1) is 20.8 Å². The number of benzene rings is 2. The van der Waals surface area contributed by atoms with Gasteiger partial charge in [0, 0.05) is 0 Å². The Balaban J connectivity index is 1.33. The Hall–Kier alpha value is -3.65. The van der Waals surface area contributed by atoms with Crippen LogP contribution in [0.5, 0.6) is 5.75 Å². The molecule has 4 aromatic rings. The summed E-state index contributed by atoms with van der Waals surface area (Å²) in [5, 5.41) is 16.0. The molecule has 176 valence electrons. The fraction of sp³-hybridized carbons (Fsp3) is 0.269. The summed E-state index contributed by atoms with van der Waals surface area (Å²) in [5.74, 6) is 0.813. The van der Waals surface area contributed by atoms with Crippen molar-refractivity contribution in [1.29, 1.82) is 0 Å². The standard InChI is InChI=1S/C26H30N6OS/c1-5-21-10-12-24(13-11-21)33-17-31-16-23(14-27-31)28-26(34)29-25-19(3)30-32(20(25)4)15-22-8-6-18(2)7-9-22/h6-14,16H,5,15,17H2,1-4H3,(H2,28,29,34). The van der Waals surface area contributed by atoms with E-state index in [2.05, 4.69) is 71.1 Å². The van der Waals surface area contributed by atoms with E-state index in [1.807, 2.05) is 36.9 Å². The van der Waals surface area contributed by atoms with Crippen LogP contribution < -0.4 is 15.4 Å².